The average Bonchev–Trinajstić information content (AvgIpc) is 3.18. The molecule has 11 nitrogen and oxygen atoms in total. The van der Waals surface area contributed by atoms with Crippen LogP contribution in [0.5, 0.6) is 0 Å². The summed E-state index contributed by atoms with van der Waals surface area (Å²) >= 11 is 0. The normalized spacial score (nSPS) is 20.0. The largest absolute Gasteiger partial charge is 0.495 e. The first-order valence-corrected chi connectivity index (χ1v) is 11.6. The summed E-state index contributed by atoms with van der Waals surface area (Å²) in [6.07, 6.45) is 1.37. The molecule has 0 saturated carbocycles. The minimum atomic E-state index is -0.772. The first kappa shape index (κ1) is 25.3. The molecule has 35 heavy (non-hydrogen) atoms. The van der Waals surface area contributed by atoms with E-state index in [9.17, 15) is 14.9 Å². The molecule has 12 heteroatoms. The number of benzene rings is 1. The van der Waals surface area contributed by atoms with Crippen molar-refractivity contribution in [3.05, 3.63) is 40.1 Å². The fraction of sp³-hybridized carbons (Fsp3) is 0.565. The Bertz CT molecular complexity index is 1090. The maximum atomic E-state index is 12.8. The second kappa shape index (κ2) is 9.69. The molecule has 0 N–H and O–H groups in total. The Balaban J connectivity index is 1.82. The Hall–Kier alpha value is -2.80. The van der Waals surface area contributed by atoms with Gasteiger partial charge in [-0.3, -0.25) is 14.8 Å². The van der Waals surface area contributed by atoms with Crippen LogP contribution in [0.25, 0.3) is 11.3 Å². The molecule has 3 heterocycles. The summed E-state index contributed by atoms with van der Waals surface area (Å²) in [5.74, 6) is -0.617. The lowest BCUT2D eigenvalue weighted by atomic mass is 9.78. The van der Waals surface area contributed by atoms with Crippen molar-refractivity contribution in [2.75, 3.05) is 33.0 Å². The van der Waals surface area contributed by atoms with E-state index >= 15 is 0 Å². The summed E-state index contributed by atoms with van der Waals surface area (Å²) in [6.45, 7) is 10.9. The van der Waals surface area contributed by atoms with Crippen molar-refractivity contribution in [2.24, 2.45) is 0 Å². The standard InChI is InChI=1S/C23H30BN3O8/c1-6-33-21(28)18-12-25-26(16-13-31-9-10-32-14-16)20(18)17-8-7-15(11-19(17)27(29)30)24-34-22(2,3)23(4,5)35-24/h7-8,11-12,16H,6,9-10,13-14H2,1-5H3. The monoisotopic (exact) mass is 487 g/mol. The van der Waals surface area contributed by atoms with Gasteiger partial charge in [-0.25, -0.2) is 4.79 Å². The van der Waals surface area contributed by atoms with Gasteiger partial charge in [0.1, 0.15) is 5.56 Å². The first-order chi connectivity index (χ1) is 16.6. The molecule has 0 atom stereocenters. The number of hydrogen-bond acceptors (Lipinski definition) is 9. The van der Waals surface area contributed by atoms with E-state index in [2.05, 4.69) is 5.10 Å². The maximum absolute atomic E-state index is 12.8. The highest BCUT2D eigenvalue weighted by molar-refractivity contribution is 6.62. The molecule has 0 amide bonds. The summed E-state index contributed by atoms with van der Waals surface area (Å²) in [7, 11) is -0.772. The minimum Gasteiger partial charge on any atom is -0.462 e. The zero-order chi connectivity index (χ0) is 25.4. The molecule has 0 bridgehead atoms. The van der Waals surface area contributed by atoms with Crippen LogP contribution in [0.15, 0.2) is 24.4 Å². The van der Waals surface area contributed by atoms with E-state index in [1.807, 2.05) is 27.7 Å². The summed E-state index contributed by atoms with van der Waals surface area (Å²) < 4.78 is 30.1. The molecule has 2 aromatic rings. The lowest BCUT2D eigenvalue weighted by Gasteiger charge is -2.32. The number of nitro groups is 1. The van der Waals surface area contributed by atoms with E-state index in [0.29, 0.717) is 18.7 Å². The van der Waals surface area contributed by atoms with Crippen LogP contribution in [0, 0.1) is 10.1 Å². The molecular formula is C23H30BN3O8. The number of carbonyl (C=O) groups is 1. The average molecular weight is 487 g/mol. The van der Waals surface area contributed by atoms with Gasteiger partial charge in [-0.2, -0.15) is 5.10 Å². The number of rotatable bonds is 6. The molecule has 188 valence electrons. The number of nitro benzene ring substituents is 1. The number of hydrogen-bond donors (Lipinski definition) is 0. The topological polar surface area (TPSA) is 124 Å². The van der Waals surface area contributed by atoms with Crippen molar-refractivity contribution in [2.45, 2.75) is 51.9 Å². The number of nitrogens with zero attached hydrogens (tertiary/aromatic N) is 3. The quantitative estimate of drug-likeness (QED) is 0.262. The van der Waals surface area contributed by atoms with Gasteiger partial charge in [0.05, 0.1) is 72.7 Å². The van der Waals surface area contributed by atoms with Crippen molar-refractivity contribution in [3.63, 3.8) is 0 Å². The predicted octanol–water partition coefficient (Wildman–Crippen LogP) is 2.52. The molecule has 2 aliphatic heterocycles. The summed E-state index contributed by atoms with van der Waals surface area (Å²) in [5, 5.41) is 16.6. The zero-order valence-corrected chi connectivity index (χ0v) is 20.6. The highest BCUT2D eigenvalue weighted by atomic mass is 16.7. The van der Waals surface area contributed by atoms with Crippen LogP contribution in [0.3, 0.4) is 0 Å². The highest BCUT2D eigenvalue weighted by Gasteiger charge is 2.52. The van der Waals surface area contributed by atoms with Crippen molar-refractivity contribution in [1.82, 2.24) is 9.78 Å². The van der Waals surface area contributed by atoms with Crippen molar-refractivity contribution in [1.29, 1.82) is 0 Å². The van der Waals surface area contributed by atoms with Gasteiger partial charge in [-0.15, -0.1) is 0 Å². The second-order valence-corrected chi connectivity index (χ2v) is 9.50. The number of carbonyl (C=O) groups excluding carboxylic acids is 1. The van der Waals surface area contributed by atoms with Crippen LogP contribution in [0.4, 0.5) is 5.69 Å². The molecule has 2 aliphatic rings. The van der Waals surface area contributed by atoms with Gasteiger partial charge in [-0.1, -0.05) is 6.07 Å². The fourth-order valence-electron chi connectivity index (χ4n) is 4.04. The van der Waals surface area contributed by atoms with Gasteiger partial charge in [-0.05, 0) is 46.1 Å². The highest BCUT2D eigenvalue weighted by Crippen LogP contribution is 2.38. The first-order valence-electron chi connectivity index (χ1n) is 11.6. The van der Waals surface area contributed by atoms with Crippen molar-refractivity contribution < 1.29 is 33.2 Å². The number of ether oxygens (including phenoxy) is 3. The Kier molecular flexibility index (Phi) is 7.00. The van der Waals surface area contributed by atoms with Gasteiger partial charge >= 0.3 is 13.1 Å². The third-order valence-electron chi connectivity index (χ3n) is 6.63. The van der Waals surface area contributed by atoms with Gasteiger partial charge in [0, 0.05) is 6.07 Å². The molecular weight excluding hydrogens is 457 g/mol. The predicted molar refractivity (Wildman–Crippen MR) is 127 cm³/mol. The van der Waals surface area contributed by atoms with Crippen molar-refractivity contribution in [3.8, 4) is 11.3 Å². The Labute approximate surface area is 203 Å². The van der Waals surface area contributed by atoms with Crippen LogP contribution in [-0.4, -0.2) is 72.0 Å². The van der Waals surface area contributed by atoms with E-state index in [1.54, 1.807) is 23.7 Å². The molecule has 1 aromatic heterocycles. The summed E-state index contributed by atoms with van der Waals surface area (Å²) in [4.78, 5) is 24.5. The molecule has 2 saturated heterocycles. The fourth-order valence-corrected chi connectivity index (χ4v) is 4.04. The SMILES string of the molecule is CCOC(=O)c1cnn(C2COCCOC2)c1-c1ccc(B2OC(C)(C)C(C)(C)O2)cc1[N+](=O)[O-]. The zero-order valence-electron chi connectivity index (χ0n) is 20.6. The van der Waals surface area contributed by atoms with Crippen LogP contribution < -0.4 is 5.46 Å². The summed E-state index contributed by atoms with van der Waals surface area (Å²) in [5.41, 5.74) is -0.276. The van der Waals surface area contributed by atoms with Crippen LogP contribution in [0.1, 0.15) is 51.0 Å². The smallest absolute Gasteiger partial charge is 0.462 e. The third-order valence-corrected chi connectivity index (χ3v) is 6.63. The molecule has 4 rings (SSSR count). The van der Waals surface area contributed by atoms with Crippen LogP contribution in [-0.2, 0) is 23.5 Å². The maximum Gasteiger partial charge on any atom is 0.495 e. The Morgan fingerprint density at radius 2 is 1.83 bits per heavy atom. The van der Waals surface area contributed by atoms with Crippen molar-refractivity contribution >= 4 is 24.2 Å². The third kappa shape index (κ3) is 4.83. The minimum absolute atomic E-state index is 0.127. The van der Waals surface area contributed by atoms with Crippen LogP contribution >= 0.6 is 0 Å². The second-order valence-electron chi connectivity index (χ2n) is 9.50. The van der Waals surface area contributed by atoms with Gasteiger partial charge in [0.15, 0.2) is 0 Å². The van der Waals surface area contributed by atoms with E-state index in [0.717, 1.165) is 0 Å². The molecule has 2 fully saturated rings. The summed E-state index contributed by atoms with van der Waals surface area (Å²) in [6, 6.07) is 4.34. The van der Waals surface area contributed by atoms with Gasteiger partial charge < -0.3 is 23.5 Å². The van der Waals surface area contributed by atoms with Crippen LogP contribution in [0.2, 0.25) is 0 Å². The van der Waals surface area contributed by atoms with E-state index < -0.39 is 29.2 Å². The molecule has 0 radical (unpaired) electrons. The molecule has 0 aliphatic carbocycles. The lowest BCUT2D eigenvalue weighted by Crippen LogP contribution is -2.41. The van der Waals surface area contributed by atoms with E-state index in [1.165, 1.54) is 12.3 Å². The Morgan fingerprint density at radius 3 is 2.40 bits per heavy atom. The van der Waals surface area contributed by atoms with E-state index in [4.69, 9.17) is 23.5 Å². The molecule has 0 unspecified atom stereocenters. The molecule has 1 aromatic carbocycles. The number of esters is 1. The lowest BCUT2D eigenvalue weighted by molar-refractivity contribution is -0.384. The van der Waals surface area contributed by atoms with Gasteiger partial charge in [0.25, 0.3) is 5.69 Å². The van der Waals surface area contributed by atoms with Gasteiger partial charge in [0.2, 0.25) is 0 Å². The Morgan fingerprint density at radius 1 is 1.20 bits per heavy atom. The molecule has 0 spiro atoms. The van der Waals surface area contributed by atoms with E-state index in [-0.39, 0.29) is 48.4 Å². The number of aromatic nitrogens is 2.